The number of hydrogen-bond acceptors (Lipinski definition) is 4. The van der Waals surface area contributed by atoms with Gasteiger partial charge in [-0.05, 0) is 30.7 Å². The highest BCUT2D eigenvalue weighted by Gasteiger charge is 2.33. The molecule has 1 aromatic carbocycles. The summed E-state index contributed by atoms with van der Waals surface area (Å²) in [5.74, 6) is -0.336. The lowest BCUT2D eigenvalue weighted by atomic mass is 10.1. The zero-order valence-corrected chi connectivity index (χ0v) is 14.7. The molecular formula is C15H20F3N3O3S. The van der Waals surface area contributed by atoms with E-state index in [2.05, 4.69) is 5.32 Å². The lowest BCUT2D eigenvalue weighted by Crippen LogP contribution is -2.49. The molecule has 25 heavy (non-hydrogen) atoms. The number of piperazine rings is 1. The number of alkyl halides is 3. The van der Waals surface area contributed by atoms with Crippen molar-refractivity contribution in [3.63, 3.8) is 0 Å². The molecule has 1 N–H and O–H groups in total. The molecule has 0 bridgehead atoms. The summed E-state index contributed by atoms with van der Waals surface area (Å²) in [5, 5.41) is 3.09. The van der Waals surface area contributed by atoms with Crippen molar-refractivity contribution in [3.05, 3.63) is 29.3 Å². The van der Waals surface area contributed by atoms with Gasteiger partial charge < -0.3 is 10.2 Å². The van der Waals surface area contributed by atoms with Gasteiger partial charge in [0.25, 0.3) is 0 Å². The molecule has 0 aromatic heterocycles. The molecule has 0 atom stereocenters. The molecule has 0 radical (unpaired) electrons. The van der Waals surface area contributed by atoms with Crippen molar-refractivity contribution in [1.82, 2.24) is 14.5 Å². The average Bonchev–Trinajstić information content (AvgIpc) is 2.54. The standard InChI is InChI=1S/C15H20F3N3O3S/c1-11-9-12(15(16,17)18)3-4-13(11)25(23,24)20(2)10-14(22)21-7-5-19-6-8-21/h3-4,9,19H,5-8,10H2,1-2H3. The van der Waals surface area contributed by atoms with Gasteiger partial charge in [-0.25, -0.2) is 8.42 Å². The van der Waals surface area contributed by atoms with Crippen molar-refractivity contribution < 1.29 is 26.4 Å². The second-order valence-corrected chi connectivity index (χ2v) is 7.88. The molecule has 1 heterocycles. The fraction of sp³-hybridized carbons (Fsp3) is 0.533. The molecule has 0 spiro atoms. The van der Waals surface area contributed by atoms with E-state index in [9.17, 15) is 26.4 Å². The molecule has 1 aromatic rings. The van der Waals surface area contributed by atoms with Gasteiger partial charge in [-0.1, -0.05) is 0 Å². The van der Waals surface area contributed by atoms with Gasteiger partial charge in [0.15, 0.2) is 0 Å². The van der Waals surface area contributed by atoms with Gasteiger partial charge in [0, 0.05) is 33.2 Å². The highest BCUT2D eigenvalue weighted by Crippen LogP contribution is 2.31. The first-order chi connectivity index (χ1) is 11.5. The summed E-state index contributed by atoms with van der Waals surface area (Å²) >= 11 is 0. The first-order valence-corrected chi connectivity index (χ1v) is 9.10. The van der Waals surface area contributed by atoms with E-state index in [4.69, 9.17) is 0 Å². The molecular weight excluding hydrogens is 359 g/mol. The SMILES string of the molecule is Cc1cc(C(F)(F)F)ccc1S(=O)(=O)N(C)CC(=O)N1CCNCC1. The molecule has 1 amide bonds. The monoisotopic (exact) mass is 379 g/mol. The minimum absolute atomic E-state index is 0.0173. The number of aryl methyl sites for hydroxylation is 1. The average molecular weight is 379 g/mol. The summed E-state index contributed by atoms with van der Waals surface area (Å²) in [4.78, 5) is 13.5. The molecule has 6 nitrogen and oxygen atoms in total. The molecule has 10 heteroatoms. The van der Waals surface area contributed by atoms with E-state index in [1.165, 1.54) is 14.0 Å². The molecule has 0 saturated carbocycles. The van der Waals surface area contributed by atoms with Crippen LogP contribution < -0.4 is 5.32 Å². The van der Waals surface area contributed by atoms with Crippen LogP contribution >= 0.6 is 0 Å². The number of rotatable bonds is 4. The van der Waals surface area contributed by atoms with E-state index in [-0.39, 0.29) is 22.9 Å². The maximum Gasteiger partial charge on any atom is 0.416 e. The van der Waals surface area contributed by atoms with Crippen molar-refractivity contribution in [3.8, 4) is 0 Å². The Hall–Kier alpha value is -1.65. The Bertz CT molecular complexity index is 744. The summed E-state index contributed by atoms with van der Waals surface area (Å²) in [6, 6.07) is 2.45. The summed E-state index contributed by atoms with van der Waals surface area (Å²) in [5.41, 5.74) is -0.931. The van der Waals surface area contributed by atoms with Gasteiger partial charge in [-0.3, -0.25) is 4.79 Å². The van der Waals surface area contributed by atoms with Gasteiger partial charge in [-0.15, -0.1) is 0 Å². The highest BCUT2D eigenvalue weighted by molar-refractivity contribution is 7.89. The Morgan fingerprint density at radius 1 is 1.28 bits per heavy atom. The number of carbonyl (C=O) groups is 1. The molecule has 1 aliphatic rings. The van der Waals surface area contributed by atoms with Crippen molar-refractivity contribution in [2.75, 3.05) is 39.8 Å². The van der Waals surface area contributed by atoms with Crippen LogP contribution in [-0.4, -0.2) is 63.3 Å². The normalized spacial score (nSPS) is 16.3. The Labute approximate surface area is 144 Å². The number of amides is 1. The van der Waals surface area contributed by atoms with Crippen LogP contribution in [0.1, 0.15) is 11.1 Å². The summed E-state index contributed by atoms with van der Waals surface area (Å²) in [7, 11) is -2.82. The third kappa shape index (κ3) is 4.50. The Morgan fingerprint density at radius 3 is 2.40 bits per heavy atom. The van der Waals surface area contributed by atoms with Crippen molar-refractivity contribution in [1.29, 1.82) is 0 Å². The van der Waals surface area contributed by atoms with Gasteiger partial charge in [0.05, 0.1) is 17.0 Å². The van der Waals surface area contributed by atoms with Gasteiger partial charge in [0.1, 0.15) is 0 Å². The topological polar surface area (TPSA) is 69.7 Å². The molecule has 1 saturated heterocycles. The van der Waals surface area contributed by atoms with Crippen molar-refractivity contribution >= 4 is 15.9 Å². The Morgan fingerprint density at radius 2 is 1.88 bits per heavy atom. The molecule has 1 fully saturated rings. The summed E-state index contributed by atoms with van der Waals surface area (Å²) < 4.78 is 64.2. The third-order valence-corrected chi connectivity index (χ3v) is 5.98. The predicted molar refractivity (Wildman–Crippen MR) is 85.4 cm³/mol. The smallest absolute Gasteiger partial charge is 0.339 e. The Kier molecular flexibility index (Phi) is 5.75. The van der Waals surface area contributed by atoms with Gasteiger partial charge in [0.2, 0.25) is 15.9 Å². The summed E-state index contributed by atoms with van der Waals surface area (Å²) in [6.07, 6.45) is -4.54. The quantitative estimate of drug-likeness (QED) is 0.850. The van der Waals surface area contributed by atoms with Crippen LogP contribution in [0, 0.1) is 6.92 Å². The van der Waals surface area contributed by atoms with E-state index in [0.717, 1.165) is 22.5 Å². The maximum atomic E-state index is 12.7. The minimum atomic E-state index is -4.54. The fourth-order valence-corrected chi connectivity index (χ4v) is 3.89. The lowest BCUT2D eigenvalue weighted by Gasteiger charge is -2.29. The zero-order valence-electron chi connectivity index (χ0n) is 13.9. The van der Waals surface area contributed by atoms with Gasteiger partial charge >= 0.3 is 6.18 Å². The van der Waals surface area contributed by atoms with Crippen molar-refractivity contribution in [2.24, 2.45) is 0 Å². The van der Waals surface area contributed by atoms with Gasteiger partial charge in [-0.2, -0.15) is 17.5 Å². The number of nitrogens with one attached hydrogen (secondary N) is 1. The predicted octanol–water partition coefficient (Wildman–Crippen LogP) is 1.07. The number of halogens is 3. The number of hydrogen-bond donors (Lipinski definition) is 1. The second-order valence-electron chi connectivity index (χ2n) is 5.87. The molecule has 140 valence electrons. The zero-order chi connectivity index (χ0) is 18.8. The number of sulfonamides is 1. The number of benzene rings is 1. The van der Waals surface area contributed by atoms with E-state index in [1.807, 2.05) is 0 Å². The van der Waals surface area contributed by atoms with Crippen LogP contribution in [0.5, 0.6) is 0 Å². The largest absolute Gasteiger partial charge is 0.416 e. The van der Waals surface area contributed by atoms with E-state index in [1.54, 1.807) is 4.90 Å². The lowest BCUT2D eigenvalue weighted by molar-refractivity contribution is -0.137. The van der Waals surface area contributed by atoms with E-state index < -0.39 is 21.8 Å². The Balaban J connectivity index is 2.18. The first-order valence-electron chi connectivity index (χ1n) is 7.66. The molecule has 1 aliphatic heterocycles. The molecule has 0 aliphatic carbocycles. The van der Waals surface area contributed by atoms with Crippen LogP contribution in [0.25, 0.3) is 0 Å². The number of nitrogens with zero attached hydrogens (tertiary/aromatic N) is 2. The van der Waals surface area contributed by atoms with Crippen LogP contribution in [0.2, 0.25) is 0 Å². The maximum absolute atomic E-state index is 12.7. The van der Waals surface area contributed by atoms with Crippen molar-refractivity contribution in [2.45, 2.75) is 18.0 Å². The number of likely N-dealkylation sites (N-methyl/N-ethyl adjacent to an activating group) is 1. The van der Waals surface area contributed by atoms with Crippen LogP contribution in [0.3, 0.4) is 0 Å². The van der Waals surface area contributed by atoms with Crippen LogP contribution in [0.4, 0.5) is 13.2 Å². The fourth-order valence-electron chi connectivity index (χ4n) is 2.57. The minimum Gasteiger partial charge on any atom is -0.339 e. The highest BCUT2D eigenvalue weighted by atomic mass is 32.2. The van der Waals surface area contributed by atoms with E-state index >= 15 is 0 Å². The third-order valence-electron chi connectivity index (χ3n) is 4.02. The molecule has 2 rings (SSSR count). The first kappa shape index (κ1) is 19.7. The summed E-state index contributed by atoms with van der Waals surface area (Å²) in [6.45, 7) is 3.20. The number of carbonyl (C=O) groups excluding carboxylic acids is 1. The van der Waals surface area contributed by atoms with E-state index in [0.29, 0.717) is 26.2 Å². The van der Waals surface area contributed by atoms with Crippen LogP contribution in [0.15, 0.2) is 23.1 Å². The second kappa shape index (κ2) is 7.30. The molecule has 0 unspecified atom stereocenters. The van der Waals surface area contributed by atoms with Crippen LogP contribution in [-0.2, 0) is 21.0 Å².